The summed E-state index contributed by atoms with van der Waals surface area (Å²) >= 11 is 3.30. The SMILES string of the molecule is N#CC1(Cc2ccccc2)Sc2ccccc2N=C1SCc1ccccc1. The number of para-hydroxylation sites is 1. The molecule has 0 amide bonds. The molecule has 132 valence electrons. The molecular weight excluding hydrogens is 368 g/mol. The van der Waals surface area contributed by atoms with Crippen molar-refractivity contribution in [2.24, 2.45) is 4.99 Å². The maximum atomic E-state index is 10.2. The average molecular weight is 387 g/mol. The highest BCUT2D eigenvalue weighted by molar-refractivity contribution is 8.16. The minimum absolute atomic E-state index is 0.643. The van der Waals surface area contributed by atoms with Crippen molar-refractivity contribution in [2.75, 3.05) is 0 Å². The van der Waals surface area contributed by atoms with Gasteiger partial charge in [0.1, 0.15) is 5.04 Å². The molecule has 0 fully saturated rings. The molecule has 0 radical (unpaired) electrons. The van der Waals surface area contributed by atoms with Crippen LogP contribution in [-0.4, -0.2) is 9.79 Å². The molecule has 3 aromatic rings. The van der Waals surface area contributed by atoms with Gasteiger partial charge in [-0.05, 0) is 23.3 Å². The summed E-state index contributed by atoms with van der Waals surface area (Å²) in [7, 11) is 0. The summed E-state index contributed by atoms with van der Waals surface area (Å²) in [6.45, 7) is 0. The third kappa shape index (κ3) is 3.95. The van der Waals surface area contributed by atoms with Crippen molar-refractivity contribution in [1.82, 2.24) is 0 Å². The summed E-state index contributed by atoms with van der Waals surface area (Å²) in [5.41, 5.74) is 3.34. The molecule has 1 unspecified atom stereocenters. The molecule has 0 bridgehead atoms. The van der Waals surface area contributed by atoms with E-state index >= 15 is 0 Å². The zero-order chi connectivity index (χ0) is 18.5. The highest BCUT2D eigenvalue weighted by atomic mass is 32.2. The summed E-state index contributed by atoms with van der Waals surface area (Å²) in [5, 5.41) is 11.1. The van der Waals surface area contributed by atoms with E-state index in [4.69, 9.17) is 4.99 Å². The van der Waals surface area contributed by atoms with Gasteiger partial charge in [-0.2, -0.15) is 5.26 Å². The van der Waals surface area contributed by atoms with Gasteiger partial charge in [0.15, 0.2) is 4.75 Å². The first-order chi connectivity index (χ1) is 13.3. The number of fused-ring (bicyclic) bond motifs is 1. The van der Waals surface area contributed by atoms with E-state index in [9.17, 15) is 5.26 Å². The monoisotopic (exact) mass is 386 g/mol. The zero-order valence-electron chi connectivity index (χ0n) is 14.7. The van der Waals surface area contributed by atoms with Gasteiger partial charge < -0.3 is 0 Å². The molecule has 0 saturated heterocycles. The Hall–Kier alpha value is -2.48. The molecule has 0 aliphatic carbocycles. The lowest BCUT2D eigenvalue weighted by Gasteiger charge is -2.31. The van der Waals surface area contributed by atoms with E-state index in [2.05, 4.69) is 36.4 Å². The second kappa shape index (κ2) is 8.04. The van der Waals surface area contributed by atoms with Crippen molar-refractivity contribution in [3.05, 3.63) is 96.1 Å². The Morgan fingerprint density at radius 2 is 1.48 bits per heavy atom. The maximum absolute atomic E-state index is 10.2. The summed E-state index contributed by atoms with van der Waals surface area (Å²) in [5.74, 6) is 0.806. The Morgan fingerprint density at radius 1 is 0.852 bits per heavy atom. The largest absolute Gasteiger partial charge is 0.243 e. The summed E-state index contributed by atoms with van der Waals surface area (Å²) in [6.07, 6.45) is 0.643. The van der Waals surface area contributed by atoms with Crippen molar-refractivity contribution in [2.45, 2.75) is 21.8 Å². The Morgan fingerprint density at radius 3 is 2.19 bits per heavy atom. The molecule has 4 heteroatoms. The zero-order valence-corrected chi connectivity index (χ0v) is 16.3. The van der Waals surface area contributed by atoms with E-state index in [1.807, 2.05) is 54.6 Å². The van der Waals surface area contributed by atoms with Crippen LogP contribution in [0, 0.1) is 11.3 Å². The summed E-state index contributed by atoms with van der Waals surface area (Å²) in [6, 6.07) is 31.2. The van der Waals surface area contributed by atoms with E-state index < -0.39 is 4.75 Å². The third-order valence-corrected chi connectivity index (χ3v) is 7.07. The highest BCUT2D eigenvalue weighted by Gasteiger charge is 2.41. The first-order valence-electron chi connectivity index (χ1n) is 8.78. The highest BCUT2D eigenvalue weighted by Crippen LogP contribution is 2.48. The van der Waals surface area contributed by atoms with Crippen LogP contribution >= 0.6 is 23.5 Å². The van der Waals surface area contributed by atoms with Gasteiger partial charge in [-0.25, -0.2) is 4.99 Å². The molecular formula is C23H18N2S2. The lowest BCUT2D eigenvalue weighted by molar-refractivity contribution is 0.918. The minimum atomic E-state index is -0.699. The predicted octanol–water partition coefficient (Wildman–Crippen LogP) is 6.26. The van der Waals surface area contributed by atoms with Gasteiger partial charge in [0, 0.05) is 17.1 Å². The second-order valence-electron chi connectivity index (χ2n) is 6.36. The van der Waals surface area contributed by atoms with E-state index in [0.717, 1.165) is 26.9 Å². The molecule has 3 aromatic carbocycles. The molecule has 1 aliphatic heterocycles. The van der Waals surface area contributed by atoms with Crippen LogP contribution in [0.2, 0.25) is 0 Å². The standard InChI is InChI=1S/C23H18N2S2/c24-17-23(15-18-9-3-1-4-10-18)22(26-16-19-11-5-2-6-12-19)25-20-13-7-8-14-21(20)27-23/h1-14H,15-16H2. The fourth-order valence-electron chi connectivity index (χ4n) is 3.05. The van der Waals surface area contributed by atoms with Gasteiger partial charge in [-0.1, -0.05) is 84.6 Å². The number of nitrogens with zero attached hydrogens (tertiary/aromatic N) is 2. The molecule has 2 nitrogen and oxygen atoms in total. The Bertz CT molecular complexity index is 994. The van der Waals surface area contributed by atoms with Crippen LogP contribution in [0.25, 0.3) is 0 Å². The van der Waals surface area contributed by atoms with Crippen LogP contribution in [0.3, 0.4) is 0 Å². The van der Waals surface area contributed by atoms with Crippen molar-refractivity contribution in [3.8, 4) is 6.07 Å². The first kappa shape index (κ1) is 17.9. The Balaban J connectivity index is 1.70. The second-order valence-corrected chi connectivity index (χ2v) is 8.67. The first-order valence-corrected chi connectivity index (χ1v) is 10.6. The van der Waals surface area contributed by atoms with Crippen molar-refractivity contribution >= 4 is 34.3 Å². The van der Waals surface area contributed by atoms with Crippen molar-refractivity contribution in [3.63, 3.8) is 0 Å². The van der Waals surface area contributed by atoms with Gasteiger partial charge >= 0.3 is 0 Å². The molecule has 1 aliphatic rings. The quantitative estimate of drug-likeness (QED) is 0.531. The van der Waals surface area contributed by atoms with E-state index in [0.29, 0.717) is 6.42 Å². The fourth-order valence-corrected chi connectivity index (χ4v) is 5.52. The number of nitriles is 1. The van der Waals surface area contributed by atoms with Gasteiger partial charge in [0.05, 0.1) is 11.8 Å². The topological polar surface area (TPSA) is 36.1 Å². The molecule has 4 rings (SSSR count). The number of rotatable bonds is 4. The third-order valence-electron chi connectivity index (χ3n) is 4.41. The molecule has 1 atom stereocenters. The summed E-state index contributed by atoms with van der Waals surface area (Å²) in [4.78, 5) is 5.99. The molecule has 0 saturated carbocycles. The van der Waals surface area contributed by atoms with E-state index in [1.54, 1.807) is 23.5 Å². The number of hydrogen-bond acceptors (Lipinski definition) is 4. The molecule has 27 heavy (non-hydrogen) atoms. The smallest absolute Gasteiger partial charge is 0.159 e. The number of hydrogen-bond donors (Lipinski definition) is 0. The Labute approximate surface area is 168 Å². The van der Waals surface area contributed by atoms with E-state index in [1.165, 1.54) is 5.56 Å². The van der Waals surface area contributed by atoms with E-state index in [-0.39, 0.29) is 0 Å². The lowest BCUT2D eigenvalue weighted by atomic mass is 10.0. The average Bonchev–Trinajstić information content (AvgIpc) is 2.73. The number of benzene rings is 3. The number of aliphatic imine (C=N–C) groups is 1. The van der Waals surface area contributed by atoms with Gasteiger partial charge in [-0.3, -0.25) is 0 Å². The molecule has 1 heterocycles. The van der Waals surface area contributed by atoms with Gasteiger partial charge in [0.2, 0.25) is 0 Å². The van der Waals surface area contributed by atoms with Crippen molar-refractivity contribution in [1.29, 1.82) is 5.26 Å². The summed E-state index contributed by atoms with van der Waals surface area (Å²) < 4.78 is -0.699. The van der Waals surface area contributed by atoms with Crippen LogP contribution in [0.5, 0.6) is 0 Å². The van der Waals surface area contributed by atoms with Crippen LogP contribution in [0.1, 0.15) is 11.1 Å². The molecule has 0 N–H and O–H groups in total. The normalized spacial score (nSPS) is 18.3. The van der Waals surface area contributed by atoms with Gasteiger partial charge in [-0.15, -0.1) is 11.8 Å². The number of thioether (sulfide) groups is 2. The molecule has 0 spiro atoms. The minimum Gasteiger partial charge on any atom is -0.243 e. The van der Waals surface area contributed by atoms with Crippen molar-refractivity contribution < 1.29 is 0 Å². The predicted molar refractivity (Wildman–Crippen MR) is 116 cm³/mol. The van der Waals surface area contributed by atoms with Gasteiger partial charge in [0.25, 0.3) is 0 Å². The lowest BCUT2D eigenvalue weighted by Crippen LogP contribution is -2.35. The van der Waals surface area contributed by atoms with Crippen LogP contribution < -0.4 is 0 Å². The van der Waals surface area contributed by atoms with Crippen LogP contribution in [-0.2, 0) is 12.2 Å². The fraction of sp³-hybridized carbons (Fsp3) is 0.130. The van der Waals surface area contributed by atoms with Crippen LogP contribution in [0.15, 0.2) is 94.8 Å². The Kier molecular flexibility index (Phi) is 5.33. The maximum Gasteiger partial charge on any atom is 0.159 e. The molecule has 0 aromatic heterocycles. The van der Waals surface area contributed by atoms with Crippen LogP contribution in [0.4, 0.5) is 5.69 Å².